The Labute approximate surface area is 159 Å². The van der Waals surface area contributed by atoms with E-state index in [1.807, 2.05) is 0 Å². The third kappa shape index (κ3) is 4.42. The summed E-state index contributed by atoms with van der Waals surface area (Å²) in [5, 5.41) is 0. The first-order chi connectivity index (χ1) is 14.5. The molecule has 0 aliphatic heterocycles. The van der Waals surface area contributed by atoms with Crippen LogP contribution in [0.5, 0.6) is 0 Å². The Hall–Kier alpha value is -1.84. The van der Waals surface area contributed by atoms with Crippen molar-refractivity contribution >= 4 is 0 Å². The van der Waals surface area contributed by atoms with Gasteiger partial charge >= 0.3 is 6.18 Å². The van der Waals surface area contributed by atoms with Crippen LogP contribution < -0.4 is 4.57 Å². The average Bonchev–Trinajstić information content (AvgIpc) is 2.57. The number of hydrogen-bond donors (Lipinski definition) is 0. The molecule has 0 saturated heterocycles. The van der Waals surface area contributed by atoms with Gasteiger partial charge in [-0.05, 0) is 61.2 Å². The molecule has 0 saturated carbocycles. The molecule has 4 heteroatoms. The summed E-state index contributed by atoms with van der Waals surface area (Å²) >= 11 is 0. The van der Waals surface area contributed by atoms with Crippen molar-refractivity contribution in [3.63, 3.8) is 0 Å². The lowest BCUT2D eigenvalue weighted by Gasteiger charge is -2.20. The van der Waals surface area contributed by atoms with Gasteiger partial charge in [0.15, 0.2) is 6.20 Å². The number of rotatable bonds is 2. The zero-order valence-electron chi connectivity index (χ0n) is 22.9. The standard InChI is InChI=1S/C21H27F3N/c1-13-9-18(21(22,23)24)14(2)8-17(13)19-10-16(11-20(4,5)6)15(3)12-25(19)7/h8-10,12H,11H2,1-7H3/q+1/i2D3,3D3,11D2. The third-order valence-electron chi connectivity index (χ3n) is 3.73. The van der Waals surface area contributed by atoms with Crippen LogP contribution in [0.3, 0.4) is 0 Å². The Morgan fingerprint density at radius 2 is 1.68 bits per heavy atom. The van der Waals surface area contributed by atoms with Gasteiger partial charge in [-0.2, -0.15) is 13.2 Å². The van der Waals surface area contributed by atoms with E-state index in [-0.39, 0.29) is 27.9 Å². The minimum absolute atomic E-state index is 0.120. The second-order valence-electron chi connectivity index (χ2n) is 7.18. The van der Waals surface area contributed by atoms with E-state index in [0.29, 0.717) is 0 Å². The molecule has 136 valence electrons. The summed E-state index contributed by atoms with van der Waals surface area (Å²) in [7, 11) is 1.48. The first-order valence-electron chi connectivity index (χ1n) is 11.8. The van der Waals surface area contributed by atoms with Gasteiger partial charge in [0.05, 0.1) is 5.56 Å². The maximum absolute atomic E-state index is 13.5. The summed E-state index contributed by atoms with van der Waals surface area (Å²) in [5.41, 5.74) is -3.06. The van der Waals surface area contributed by atoms with Crippen molar-refractivity contribution in [2.45, 2.75) is 53.9 Å². The highest BCUT2D eigenvalue weighted by molar-refractivity contribution is 5.64. The molecule has 0 aliphatic carbocycles. The highest BCUT2D eigenvalue weighted by Crippen LogP contribution is 2.35. The fourth-order valence-corrected chi connectivity index (χ4v) is 2.64. The number of halogens is 3. The van der Waals surface area contributed by atoms with Crippen LogP contribution >= 0.6 is 0 Å². The lowest BCUT2D eigenvalue weighted by atomic mass is 9.86. The van der Waals surface area contributed by atoms with E-state index < -0.39 is 42.8 Å². The van der Waals surface area contributed by atoms with Crippen LogP contribution in [-0.2, 0) is 19.6 Å². The van der Waals surface area contributed by atoms with Crippen LogP contribution in [0.4, 0.5) is 13.2 Å². The average molecular weight is 358 g/mol. The van der Waals surface area contributed by atoms with Crippen LogP contribution in [0.25, 0.3) is 11.3 Å². The summed E-state index contributed by atoms with van der Waals surface area (Å²) in [4.78, 5) is 0. The smallest absolute Gasteiger partial charge is 0.201 e. The normalized spacial score (nSPS) is 18.9. The lowest BCUT2D eigenvalue weighted by Crippen LogP contribution is -2.32. The number of pyridine rings is 1. The first-order valence-corrected chi connectivity index (χ1v) is 7.77. The van der Waals surface area contributed by atoms with Crippen molar-refractivity contribution in [2.24, 2.45) is 12.5 Å². The molecule has 0 unspecified atom stereocenters. The maximum Gasteiger partial charge on any atom is 0.416 e. The van der Waals surface area contributed by atoms with Crippen LogP contribution in [0, 0.1) is 26.0 Å². The summed E-state index contributed by atoms with van der Waals surface area (Å²) < 4.78 is 106. The molecule has 0 fully saturated rings. The molecule has 2 rings (SSSR count). The molecule has 0 radical (unpaired) electrons. The molecule has 1 aromatic heterocycles. The van der Waals surface area contributed by atoms with E-state index in [9.17, 15) is 13.2 Å². The SMILES string of the molecule is [2H]C([2H])([2H])c1cc(-c2cc(C([2H])([2H])C(C)(C)C)c(C([2H])([2H])[2H])c[n+]2C)c(C)cc1C(F)(F)F. The summed E-state index contributed by atoms with van der Waals surface area (Å²) in [6.07, 6.45) is -5.77. The van der Waals surface area contributed by atoms with Crippen LogP contribution in [0.1, 0.15) is 59.6 Å². The fourth-order valence-electron chi connectivity index (χ4n) is 2.64. The number of benzene rings is 1. The van der Waals surface area contributed by atoms with Crippen molar-refractivity contribution < 1.29 is 28.7 Å². The minimum Gasteiger partial charge on any atom is -0.201 e. The van der Waals surface area contributed by atoms with Gasteiger partial charge in [-0.25, -0.2) is 4.57 Å². The Bertz CT molecular complexity index is 1060. The molecule has 1 nitrogen and oxygen atoms in total. The van der Waals surface area contributed by atoms with Gasteiger partial charge in [0.1, 0.15) is 7.05 Å². The predicted octanol–water partition coefficient (Wildman–Crippen LogP) is 5.71. The van der Waals surface area contributed by atoms with Crippen LogP contribution in [0.2, 0.25) is 0 Å². The topological polar surface area (TPSA) is 3.88 Å². The van der Waals surface area contributed by atoms with E-state index in [4.69, 9.17) is 11.0 Å². The number of hydrogen-bond acceptors (Lipinski definition) is 0. The highest BCUT2D eigenvalue weighted by Gasteiger charge is 2.33. The zero-order valence-corrected chi connectivity index (χ0v) is 14.9. The van der Waals surface area contributed by atoms with E-state index in [2.05, 4.69) is 0 Å². The van der Waals surface area contributed by atoms with Crippen molar-refractivity contribution in [3.8, 4) is 11.3 Å². The maximum atomic E-state index is 13.5. The second kappa shape index (κ2) is 6.47. The van der Waals surface area contributed by atoms with Crippen molar-refractivity contribution in [3.05, 3.63) is 52.2 Å². The number of alkyl halides is 3. The molecule has 0 N–H and O–H groups in total. The monoisotopic (exact) mass is 358 g/mol. The number of aryl methyl sites for hydroxylation is 4. The molecule has 25 heavy (non-hydrogen) atoms. The number of aromatic nitrogens is 1. The van der Waals surface area contributed by atoms with Gasteiger partial charge in [-0.15, -0.1) is 0 Å². The molecule has 2 aromatic rings. The zero-order chi connectivity index (χ0) is 25.9. The first kappa shape index (κ1) is 11.0. The summed E-state index contributed by atoms with van der Waals surface area (Å²) in [6.45, 7) is 0.525. The van der Waals surface area contributed by atoms with E-state index in [0.717, 1.165) is 12.1 Å². The largest absolute Gasteiger partial charge is 0.416 e. The summed E-state index contributed by atoms with van der Waals surface area (Å²) in [5.74, 6) is 0. The van der Waals surface area contributed by atoms with Crippen LogP contribution in [0.15, 0.2) is 24.4 Å². The minimum atomic E-state index is -4.88. The van der Waals surface area contributed by atoms with Gasteiger partial charge in [0.2, 0.25) is 5.69 Å². The van der Waals surface area contributed by atoms with Crippen molar-refractivity contribution in [2.75, 3.05) is 0 Å². The van der Waals surface area contributed by atoms with Crippen LogP contribution in [-0.4, -0.2) is 0 Å². The van der Waals surface area contributed by atoms with Gasteiger partial charge in [0.25, 0.3) is 0 Å². The predicted molar refractivity (Wildman–Crippen MR) is 95.4 cm³/mol. The van der Waals surface area contributed by atoms with Gasteiger partial charge in [-0.1, -0.05) is 20.8 Å². The molecule has 1 aromatic carbocycles. The number of nitrogens with zero attached hydrogens (tertiary/aromatic N) is 1. The molecule has 0 spiro atoms. The Morgan fingerprint density at radius 1 is 1.04 bits per heavy atom. The molecular formula is C21H27F3N+. The second-order valence-corrected chi connectivity index (χ2v) is 7.18. The molecule has 0 atom stereocenters. The highest BCUT2D eigenvalue weighted by atomic mass is 19.4. The Morgan fingerprint density at radius 3 is 2.20 bits per heavy atom. The van der Waals surface area contributed by atoms with E-state index >= 15 is 0 Å². The van der Waals surface area contributed by atoms with E-state index in [1.165, 1.54) is 30.8 Å². The molecule has 0 amide bonds. The summed E-state index contributed by atoms with van der Waals surface area (Å²) in [6, 6.07) is 2.99. The van der Waals surface area contributed by atoms with Gasteiger partial charge in [0, 0.05) is 28.2 Å². The fraction of sp³-hybridized carbons (Fsp3) is 0.476. The van der Waals surface area contributed by atoms with Crippen molar-refractivity contribution in [1.82, 2.24) is 0 Å². The third-order valence-corrected chi connectivity index (χ3v) is 3.73. The molecule has 0 bridgehead atoms. The molecule has 0 aliphatic rings. The lowest BCUT2D eigenvalue weighted by molar-refractivity contribution is -0.660. The molecule has 1 heterocycles. The Balaban J connectivity index is 2.99. The van der Waals surface area contributed by atoms with Gasteiger partial charge < -0.3 is 0 Å². The van der Waals surface area contributed by atoms with E-state index in [1.54, 1.807) is 20.8 Å². The Kier molecular flexibility index (Phi) is 2.85. The van der Waals surface area contributed by atoms with Gasteiger partial charge in [-0.3, -0.25) is 0 Å². The quantitative estimate of drug-likeness (QED) is 0.605. The van der Waals surface area contributed by atoms with Crippen molar-refractivity contribution in [1.29, 1.82) is 0 Å². The molecular weight excluding hydrogens is 323 g/mol.